The lowest BCUT2D eigenvalue weighted by atomic mass is 10.1. The fraction of sp³-hybridized carbons (Fsp3) is 0.750. The van der Waals surface area contributed by atoms with Gasteiger partial charge in [0.05, 0.1) is 6.54 Å². The van der Waals surface area contributed by atoms with Crippen LogP contribution in [0.5, 0.6) is 0 Å². The predicted octanol–water partition coefficient (Wildman–Crippen LogP) is -0.333. The van der Waals surface area contributed by atoms with Gasteiger partial charge in [0.2, 0.25) is 5.91 Å². The molecule has 0 spiro atoms. The van der Waals surface area contributed by atoms with Gasteiger partial charge >= 0.3 is 6.03 Å². The number of rotatable bonds is 2. The normalized spacial score (nSPS) is 16.8. The van der Waals surface area contributed by atoms with Crippen molar-refractivity contribution in [3.8, 4) is 0 Å². The number of nitrogens with two attached hydrogens (primary N) is 1. The van der Waals surface area contributed by atoms with Crippen LogP contribution < -0.4 is 11.1 Å². The van der Waals surface area contributed by atoms with E-state index in [0.717, 1.165) is 25.9 Å². The van der Waals surface area contributed by atoms with Crippen molar-refractivity contribution in [3.63, 3.8) is 0 Å². The van der Waals surface area contributed by atoms with Gasteiger partial charge in [0.15, 0.2) is 0 Å². The van der Waals surface area contributed by atoms with Crippen molar-refractivity contribution in [2.45, 2.75) is 19.3 Å². The first-order valence-electron chi connectivity index (χ1n) is 4.51. The molecular formula is C8H15N3O2. The zero-order valence-electron chi connectivity index (χ0n) is 7.58. The maximum absolute atomic E-state index is 11.3. The number of carbonyl (C=O) groups excluding carboxylic acids is 2. The average Bonchev–Trinajstić information content (AvgIpc) is 2.15. The Hall–Kier alpha value is -1.26. The molecule has 1 aliphatic heterocycles. The maximum atomic E-state index is 11.3. The second-order valence-electron chi connectivity index (χ2n) is 3.17. The molecule has 0 aromatic rings. The van der Waals surface area contributed by atoms with Crippen LogP contribution in [-0.4, -0.2) is 36.5 Å². The third-order valence-electron chi connectivity index (χ3n) is 2.06. The fourth-order valence-electron chi connectivity index (χ4n) is 1.37. The van der Waals surface area contributed by atoms with Crippen molar-refractivity contribution >= 4 is 11.9 Å². The van der Waals surface area contributed by atoms with E-state index in [-0.39, 0.29) is 12.6 Å². The predicted molar refractivity (Wildman–Crippen MR) is 48.0 cm³/mol. The van der Waals surface area contributed by atoms with E-state index in [1.54, 1.807) is 4.90 Å². The molecule has 1 aliphatic rings. The van der Waals surface area contributed by atoms with E-state index in [1.165, 1.54) is 6.42 Å². The van der Waals surface area contributed by atoms with Gasteiger partial charge in [0, 0.05) is 13.1 Å². The van der Waals surface area contributed by atoms with E-state index in [1.807, 2.05) is 0 Å². The first-order valence-corrected chi connectivity index (χ1v) is 4.51. The van der Waals surface area contributed by atoms with Gasteiger partial charge in [-0.3, -0.25) is 4.79 Å². The largest absolute Gasteiger partial charge is 0.368 e. The lowest BCUT2D eigenvalue weighted by Gasteiger charge is -2.26. The molecule has 5 nitrogen and oxygen atoms in total. The summed E-state index contributed by atoms with van der Waals surface area (Å²) in [4.78, 5) is 23.4. The molecule has 3 amide bonds. The SMILES string of the molecule is NC(=O)CNC(=O)N1CCCCC1. The summed E-state index contributed by atoms with van der Waals surface area (Å²) in [6, 6.07) is -0.182. The molecule has 0 aromatic carbocycles. The minimum absolute atomic E-state index is 0.0741. The molecule has 0 radical (unpaired) electrons. The van der Waals surface area contributed by atoms with Crippen LogP contribution in [0.25, 0.3) is 0 Å². The standard InChI is InChI=1S/C8H15N3O2/c9-7(12)6-10-8(13)11-4-2-1-3-5-11/h1-6H2,(H2,9,12)(H,10,13). The Labute approximate surface area is 77.3 Å². The van der Waals surface area contributed by atoms with Gasteiger partial charge < -0.3 is 16.0 Å². The minimum atomic E-state index is -0.509. The zero-order chi connectivity index (χ0) is 9.68. The summed E-state index contributed by atoms with van der Waals surface area (Å²) in [7, 11) is 0. The van der Waals surface area contributed by atoms with Crippen LogP contribution in [-0.2, 0) is 4.79 Å². The molecule has 0 saturated carbocycles. The molecule has 1 rings (SSSR count). The number of carbonyl (C=O) groups is 2. The van der Waals surface area contributed by atoms with Gasteiger partial charge in [-0.15, -0.1) is 0 Å². The van der Waals surface area contributed by atoms with E-state index in [9.17, 15) is 9.59 Å². The number of hydrogen-bond donors (Lipinski definition) is 2. The van der Waals surface area contributed by atoms with Gasteiger partial charge in [-0.1, -0.05) is 0 Å². The Morgan fingerprint density at radius 1 is 1.23 bits per heavy atom. The Balaban J connectivity index is 2.25. The first kappa shape index (κ1) is 9.83. The zero-order valence-corrected chi connectivity index (χ0v) is 7.58. The molecule has 0 unspecified atom stereocenters. The first-order chi connectivity index (χ1) is 6.20. The lowest BCUT2D eigenvalue weighted by Crippen LogP contribution is -2.45. The van der Waals surface area contributed by atoms with Crippen LogP contribution >= 0.6 is 0 Å². The second kappa shape index (κ2) is 4.69. The molecule has 1 fully saturated rings. The fourth-order valence-corrected chi connectivity index (χ4v) is 1.37. The molecule has 0 bridgehead atoms. The molecule has 0 atom stereocenters. The molecule has 1 saturated heterocycles. The number of primary amides is 1. The molecule has 74 valence electrons. The van der Waals surface area contributed by atoms with Crippen LogP contribution in [0.15, 0.2) is 0 Å². The Morgan fingerprint density at radius 2 is 1.85 bits per heavy atom. The Kier molecular flexibility index (Phi) is 3.54. The number of nitrogens with one attached hydrogen (secondary N) is 1. The average molecular weight is 185 g/mol. The highest BCUT2D eigenvalue weighted by Crippen LogP contribution is 2.07. The highest BCUT2D eigenvalue weighted by molar-refractivity contribution is 5.82. The van der Waals surface area contributed by atoms with Crippen molar-refractivity contribution in [2.75, 3.05) is 19.6 Å². The van der Waals surface area contributed by atoms with E-state index >= 15 is 0 Å². The van der Waals surface area contributed by atoms with Gasteiger partial charge in [-0.25, -0.2) is 4.79 Å². The molecule has 1 heterocycles. The molecule has 3 N–H and O–H groups in total. The van der Waals surface area contributed by atoms with Crippen molar-refractivity contribution in [2.24, 2.45) is 5.73 Å². The van der Waals surface area contributed by atoms with E-state index < -0.39 is 5.91 Å². The monoisotopic (exact) mass is 185 g/mol. The molecule has 13 heavy (non-hydrogen) atoms. The second-order valence-corrected chi connectivity index (χ2v) is 3.17. The smallest absolute Gasteiger partial charge is 0.317 e. The lowest BCUT2D eigenvalue weighted by molar-refractivity contribution is -0.117. The highest BCUT2D eigenvalue weighted by atomic mass is 16.2. The van der Waals surface area contributed by atoms with Crippen LogP contribution in [0.1, 0.15) is 19.3 Å². The van der Waals surface area contributed by atoms with Gasteiger partial charge in [0.1, 0.15) is 0 Å². The summed E-state index contributed by atoms with van der Waals surface area (Å²) >= 11 is 0. The van der Waals surface area contributed by atoms with Crippen molar-refractivity contribution in [3.05, 3.63) is 0 Å². The van der Waals surface area contributed by atoms with Gasteiger partial charge in [-0.2, -0.15) is 0 Å². The van der Waals surface area contributed by atoms with Gasteiger partial charge in [-0.05, 0) is 19.3 Å². The van der Waals surface area contributed by atoms with Crippen LogP contribution in [0.3, 0.4) is 0 Å². The van der Waals surface area contributed by atoms with Crippen LogP contribution in [0.2, 0.25) is 0 Å². The molecule has 5 heteroatoms. The Bertz CT molecular complexity index is 200. The number of hydrogen-bond acceptors (Lipinski definition) is 2. The van der Waals surface area contributed by atoms with Crippen LogP contribution in [0, 0.1) is 0 Å². The quantitative estimate of drug-likeness (QED) is 0.618. The van der Waals surface area contributed by atoms with Crippen LogP contribution in [0.4, 0.5) is 4.79 Å². The molecular weight excluding hydrogens is 170 g/mol. The number of nitrogens with zero attached hydrogens (tertiary/aromatic N) is 1. The summed E-state index contributed by atoms with van der Waals surface area (Å²) in [5, 5.41) is 2.46. The Morgan fingerprint density at radius 3 is 2.38 bits per heavy atom. The summed E-state index contributed by atoms with van der Waals surface area (Å²) < 4.78 is 0. The van der Waals surface area contributed by atoms with E-state index in [4.69, 9.17) is 5.73 Å². The van der Waals surface area contributed by atoms with Gasteiger partial charge in [0.25, 0.3) is 0 Å². The van der Waals surface area contributed by atoms with E-state index in [0.29, 0.717) is 0 Å². The number of likely N-dealkylation sites (tertiary alicyclic amines) is 1. The highest BCUT2D eigenvalue weighted by Gasteiger charge is 2.15. The minimum Gasteiger partial charge on any atom is -0.368 e. The van der Waals surface area contributed by atoms with Crippen molar-refractivity contribution in [1.29, 1.82) is 0 Å². The third-order valence-corrected chi connectivity index (χ3v) is 2.06. The third kappa shape index (κ3) is 3.31. The van der Waals surface area contributed by atoms with Crippen molar-refractivity contribution < 1.29 is 9.59 Å². The summed E-state index contributed by atoms with van der Waals surface area (Å²) in [6.45, 7) is 1.49. The summed E-state index contributed by atoms with van der Waals surface area (Å²) in [5.74, 6) is -0.509. The number of amides is 3. The number of urea groups is 1. The molecule has 0 aliphatic carbocycles. The maximum Gasteiger partial charge on any atom is 0.317 e. The summed E-state index contributed by atoms with van der Waals surface area (Å²) in [5.41, 5.74) is 4.90. The molecule has 0 aromatic heterocycles. The summed E-state index contributed by atoms with van der Waals surface area (Å²) in [6.07, 6.45) is 3.27. The van der Waals surface area contributed by atoms with Crippen molar-refractivity contribution in [1.82, 2.24) is 10.2 Å². The topological polar surface area (TPSA) is 75.4 Å². The van der Waals surface area contributed by atoms with E-state index in [2.05, 4.69) is 5.32 Å². The number of piperidine rings is 1.